The lowest BCUT2D eigenvalue weighted by Gasteiger charge is -2.33. The maximum absolute atomic E-state index is 14.1. The van der Waals surface area contributed by atoms with Crippen molar-refractivity contribution in [3.05, 3.63) is 111 Å². The van der Waals surface area contributed by atoms with E-state index in [1.54, 1.807) is 6.07 Å². The minimum atomic E-state index is -0.904. The van der Waals surface area contributed by atoms with Gasteiger partial charge < -0.3 is 21.3 Å². The number of nitro benzene ring substituents is 1. The lowest BCUT2D eigenvalue weighted by molar-refractivity contribution is -0.384. The molecule has 44 heavy (non-hydrogen) atoms. The molecule has 1 fully saturated rings. The van der Waals surface area contributed by atoms with Crippen LogP contribution in [0.1, 0.15) is 40.5 Å². The second-order valence-corrected chi connectivity index (χ2v) is 11.3. The number of nitro groups is 1. The number of rotatable bonds is 11. The van der Waals surface area contributed by atoms with E-state index in [4.69, 9.17) is 0 Å². The Morgan fingerprint density at radius 1 is 0.727 bits per heavy atom. The van der Waals surface area contributed by atoms with E-state index < -0.39 is 46.6 Å². The summed E-state index contributed by atoms with van der Waals surface area (Å²) in [6, 6.07) is 21.3. The van der Waals surface area contributed by atoms with Gasteiger partial charge in [0.25, 0.3) is 5.69 Å². The first-order valence-electron chi connectivity index (χ1n) is 14.6. The number of nitrogens with one attached hydrogen (secondary N) is 4. The Morgan fingerprint density at radius 2 is 1.18 bits per heavy atom. The summed E-state index contributed by atoms with van der Waals surface area (Å²) >= 11 is 0. The molecule has 11 heteroatoms. The van der Waals surface area contributed by atoms with Crippen molar-refractivity contribution < 1.29 is 24.1 Å². The number of amides is 4. The van der Waals surface area contributed by atoms with Gasteiger partial charge in [0.05, 0.1) is 16.8 Å². The van der Waals surface area contributed by atoms with Crippen LogP contribution >= 0.6 is 0 Å². The van der Waals surface area contributed by atoms with Gasteiger partial charge in [-0.3, -0.25) is 29.3 Å². The Labute approximate surface area is 255 Å². The van der Waals surface area contributed by atoms with Gasteiger partial charge in [0.2, 0.25) is 23.6 Å². The van der Waals surface area contributed by atoms with E-state index in [1.807, 2.05) is 60.7 Å². The molecule has 3 aromatic rings. The van der Waals surface area contributed by atoms with Gasteiger partial charge in [0.15, 0.2) is 0 Å². The average Bonchev–Trinajstić information content (AvgIpc) is 3.61. The van der Waals surface area contributed by atoms with Crippen LogP contribution in [0.5, 0.6) is 0 Å². The van der Waals surface area contributed by atoms with Gasteiger partial charge in [0.1, 0.15) is 12.1 Å². The van der Waals surface area contributed by atoms with E-state index in [2.05, 4.69) is 21.3 Å². The number of nitrogens with zero attached hydrogens (tertiary/aromatic N) is 1. The number of fused-ring (bicyclic) bond motifs is 5. The molecular formula is C33H35N5O6. The van der Waals surface area contributed by atoms with Crippen LogP contribution in [0.25, 0.3) is 0 Å². The van der Waals surface area contributed by atoms with Crippen LogP contribution in [0.4, 0.5) is 5.69 Å². The van der Waals surface area contributed by atoms with Gasteiger partial charge in [-0.1, -0.05) is 66.7 Å². The zero-order chi connectivity index (χ0) is 31.4. The fourth-order valence-electron chi connectivity index (χ4n) is 6.74. The molecular weight excluding hydrogens is 562 g/mol. The number of benzene rings is 3. The van der Waals surface area contributed by atoms with Crippen molar-refractivity contribution in [2.24, 2.45) is 11.8 Å². The molecule has 0 aromatic heterocycles. The van der Waals surface area contributed by atoms with Gasteiger partial charge in [-0.05, 0) is 40.5 Å². The van der Waals surface area contributed by atoms with E-state index in [1.165, 1.54) is 26.2 Å². The van der Waals surface area contributed by atoms with Crippen LogP contribution in [0.3, 0.4) is 0 Å². The molecule has 4 N–H and O–H groups in total. The van der Waals surface area contributed by atoms with Gasteiger partial charge >= 0.3 is 0 Å². The molecule has 1 saturated carbocycles. The predicted molar refractivity (Wildman–Crippen MR) is 162 cm³/mol. The highest BCUT2D eigenvalue weighted by Gasteiger charge is 2.57. The molecule has 4 amide bonds. The zero-order valence-corrected chi connectivity index (χ0v) is 24.5. The van der Waals surface area contributed by atoms with E-state index >= 15 is 0 Å². The minimum Gasteiger partial charge on any atom is -0.357 e. The third kappa shape index (κ3) is 6.17. The molecule has 0 aliphatic heterocycles. The van der Waals surface area contributed by atoms with E-state index in [0.29, 0.717) is 12.0 Å². The Morgan fingerprint density at radius 3 is 1.61 bits per heavy atom. The van der Waals surface area contributed by atoms with Crippen molar-refractivity contribution in [3.8, 4) is 0 Å². The monoisotopic (exact) mass is 597 g/mol. The fraction of sp³-hybridized carbons (Fsp3) is 0.333. The summed E-state index contributed by atoms with van der Waals surface area (Å²) in [6.45, 7) is 0. The second-order valence-electron chi connectivity index (χ2n) is 11.3. The molecule has 6 atom stereocenters. The highest BCUT2D eigenvalue weighted by atomic mass is 16.6. The number of non-ortho nitro benzene ring substituents is 1. The van der Waals surface area contributed by atoms with Crippen LogP contribution < -0.4 is 21.3 Å². The van der Waals surface area contributed by atoms with Crippen LogP contribution in [-0.2, 0) is 32.0 Å². The molecule has 2 aliphatic rings. The Hall–Kier alpha value is -5.06. The number of hydrogen-bond acceptors (Lipinski definition) is 6. The third-order valence-corrected chi connectivity index (χ3v) is 8.77. The summed E-state index contributed by atoms with van der Waals surface area (Å²) in [4.78, 5) is 64.9. The molecule has 0 spiro atoms. The normalized spacial score (nSPS) is 21.0. The van der Waals surface area contributed by atoms with Crippen LogP contribution in [-0.4, -0.2) is 54.7 Å². The van der Waals surface area contributed by atoms with Crippen LogP contribution in [0.2, 0.25) is 0 Å². The first kappa shape index (κ1) is 30.4. The zero-order valence-electron chi connectivity index (χ0n) is 24.5. The number of carbonyl (C=O) groups excluding carboxylic acids is 4. The van der Waals surface area contributed by atoms with Crippen LogP contribution in [0.15, 0.2) is 78.9 Å². The molecule has 0 unspecified atom stereocenters. The summed E-state index contributed by atoms with van der Waals surface area (Å²) in [5.74, 6) is -4.31. The van der Waals surface area contributed by atoms with Gasteiger partial charge in [-0.25, -0.2) is 0 Å². The lowest BCUT2D eigenvalue weighted by Crippen LogP contribution is -2.54. The third-order valence-electron chi connectivity index (χ3n) is 8.77. The van der Waals surface area contributed by atoms with Crippen LogP contribution in [0, 0.1) is 22.0 Å². The molecule has 2 bridgehead atoms. The van der Waals surface area contributed by atoms with E-state index in [-0.39, 0.29) is 36.3 Å². The maximum atomic E-state index is 14.1. The summed E-state index contributed by atoms with van der Waals surface area (Å²) < 4.78 is 0. The number of hydrogen-bond donors (Lipinski definition) is 4. The Bertz CT molecular complexity index is 1560. The van der Waals surface area contributed by atoms with E-state index in [9.17, 15) is 29.3 Å². The summed E-state index contributed by atoms with van der Waals surface area (Å²) in [5, 5.41) is 22.6. The van der Waals surface area contributed by atoms with E-state index in [0.717, 1.165) is 16.7 Å². The van der Waals surface area contributed by atoms with Crippen molar-refractivity contribution in [2.45, 2.75) is 43.2 Å². The predicted octanol–water partition coefficient (Wildman–Crippen LogP) is 2.36. The Balaban J connectivity index is 1.46. The summed E-state index contributed by atoms with van der Waals surface area (Å²) in [6.07, 6.45) is 0.934. The smallest absolute Gasteiger partial charge is 0.269 e. The molecule has 2 aliphatic carbocycles. The van der Waals surface area contributed by atoms with Crippen molar-refractivity contribution in [2.75, 3.05) is 14.1 Å². The molecule has 3 aromatic carbocycles. The quantitative estimate of drug-likeness (QED) is 0.196. The lowest BCUT2D eigenvalue weighted by atomic mass is 9.74. The van der Waals surface area contributed by atoms with Crippen molar-refractivity contribution >= 4 is 29.3 Å². The molecule has 0 radical (unpaired) electrons. The molecule has 0 saturated heterocycles. The summed E-state index contributed by atoms with van der Waals surface area (Å²) in [7, 11) is 2.98. The molecule has 11 nitrogen and oxygen atoms in total. The average molecular weight is 598 g/mol. The molecule has 0 heterocycles. The van der Waals surface area contributed by atoms with Gasteiger partial charge in [0, 0.05) is 39.1 Å². The summed E-state index contributed by atoms with van der Waals surface area (Å²) in [5.41, 5.74) is 3.07. The van der Waals surface area contributed by atoms with Gasteiger partial charge in [-0.2, -0.15) is 0 Å². The minimum absolute atomic E-state index is 0.0914. The molecule has 5 rings (SSSR count). The van der Waals surface area contributed by atoms with Crippen molar-refractivity contribution in [3.63, 3.8) is 0 Å². The standard InChI is InChI=1S/C33H35N5O6/c1-34-30(39)26(15-19-9-5-3-6-10-19)36-32(41)28-24-18-25(23-17-21(38(43)44)13-14-22(23)24)29(28)33(42)37-27(31(40)35-2)16-20-11-7-4-8-12-20/h3-14,17,24-29H,15-16,18H2,1-2H3,(H,34,39)(H,35,40)(H,36,41)(H,37,42)/t24-,25+,26+,27+,28+,29-/m1/s1. The maximum Gasteiger partial charge on any atom is 0.269 e. The molecule has 228 valence electrons. The van der Waals surface area contributed by atoms with Crippen molar-refractivity contribution in [1.82, 2.24) is 21.3 Å². The Kier molecular flexibility index (Phi) is 9.03. The highest BCUT2D eigenvalue weighted by molar-refractivity contribution is 5.95. The topological polar surface area (TPSA) is 160 Å². The first-order chi connectivity index (χ1) is 21.2. The number of carbonyl (C=O) groups is 4. The SMILES string of the molecule is CNC(=O)[C@H](Cc1ccccc1)NC(=O)[C@@H]1[C@H](C(=O)N[C@@H](Cc2ccccc2)C(=O)NC)[C@H]2C[C@@H]1c1ccc([N+](=O)[O-])cc12. The fourth-order valence-corrected chi connectivity index (χ4v) is 6.74. The largest absolute Gasteiger partial charge is 0.357 e. The second kappa shape index (κ2) is 13.1. The van der Waals surface area contributed by atoms with Gasteiger partial charge in [-0.15, -0.1) is 0 Å². The number of likely N-dealkylation sites (N-methyl/N-ethyl adjacent to an activating group) is 2. The van der Waals surface area contributed by atoms with Crippen molar-refractivity contribution in [1.29, 1.82) is 0 Å². The highest BCUT2D eigenvalue weighted by Crippen LogP contribution is 2.60. The first-order valence-corrected chi connectivity index (χ1v) is 14.6.